The zero-order chi connectivity index (χ0) is 14.7. The number of hydrogen-bond donors (Lipinski definition) is 2. The Kier molecular flexibility index (Phi) is 4.25. The molecule has 0 fully saturated rings. The first-order valence-corrected chi connectivity index (χ1v) is 6.37. The number of carboxylic acid groups (broad SMARTS) is 1. The number of nitrogens with one attached hydrogen (secondary N) is 1. The van der Waals surface area contributed by atoms with Gasteiger partial charge in [-0.15, -0.1) is 0 Å². The smallest absolute Gasteiger partial charge is 0.330 e. The maximum atomic E-state index is 13.8. The van der Waals surface area contributed by atoms with Crippen LogP contribution in [0, 0.1) is 12.7 Å². The fraction of sp³-hybridized carbons (Fsp3) is 0.133. The Hall–Kier alpha value is -2.07. The van der Waals surface area contributed by atoms with Crippen molar-refractivity contribution in [1.29, 1.82) is 0 Å². The fourth-order valence-electron chi connectivity index (χ4n) is 1.90. The molecule has 2 rings (SSSR count). The summed E-state index contributed by atoms with van der Waals surface area (Å²) in [6.45, 7) is 1.84. The fourth-order valence-corrected chi connectivity index (χ4v) is 2.08. The third-order valence-corrected chi connectivity index (χ3v) is 3.20. The molecule has 0 saturated carbocycles. The first-order valence-electron chi connectivity index (χ1n) is 5.99. The van der Waals surface area contributed by atoms with Crippen LogP contribution in [0.4, 0.5) is 10.1 Å². The molecule has 0 aliphatic carbocycles. The minimum Gasteiger partial charge on any atom is -0.479 e. The van der Waals surface area contributed by atoms with E-state index in [1.165, 1.54) is 12.1 Å². The van der Waals surface area contributed by atoms with Crippen molar-refractivity contribution in [3.8, 4) is 0 Å². The van der Waals surface area contributed by atoms with Gasteiger partial charge in [-0.2, -0.15) is 0 Å². The third kappa shape index (κ3) is 3.08. The molecule has 3 nitrogen and oxygen atoms in total. The number of aryl methyl sites for hydroxylation is 1. The summed E-state index contributed by atoms with van der Waals surface area (Å²) in [4.78, 5) is 11.4. The van der Waals surface area contributed by atoms with Crippen LogP contribution < -0.4 is 5.32 Å². The van der Waals surface area contributed by atoms with Gasteiger partial charge in [-0.05, 0) is 36.8 Å². The lowest BCUT2D eigenvalue weighted by Gasteiger charge is -2.18. The lowest BCUT2D eigenvalue weighted by Crippen LogP contribution is -2.22. The van der Waals surface area contributed by atoms with Crippen LogP contribution in [0.3, 0.4) is 0 Å². The van der Waals surface area contributed by atoms with Gasteiger partial charge >= 0.3 is 5.97 Å². The second-order valence-corrected chi connectivity index (χ2v) is 4.83. The zero-order valence-electron chi connectivity index (χ0n) is 10.7. The van der Waals surface area contributed by atoms with Crippen molar-refractivity contribution >= 4 is 23.3 Å². The highest BCUT2D eigenvalue weighted by molar-refractivity contribution is 6.30. The highest BCUT2D eigenvalue weighted by Gasteiger charge is 2.23. The van der Waals surface area contributed by atoms with Crippen molar-refractivity contribution in [2.75, 3.05) is 5.32 Å². The Bertz CT molecular complexity index is 646. The van der Waals surface area contributed by atoms with Gasteiger partial charge in [-0.3, -0.25) is 0 Å². The molecule has 1 atom stereocenters. The number of halogens is 2. The molecule has 0 heterocycles. The van der Waals surface area contributed by atoms with Crippen LogP contribution in [-0.4, -0.2) is 11.1 Å². The van der Waals surface area contributed by atoms with Crippen molar-refractivity contribution in [2.24, 2.45) is 0 Å². The Morgan fingerprint density at radius 2 is 2.00 bits per heavy atom. The van der Waals surface area contributed by atoms with Gasteiger partial charge in [-0.1, -0.05) is 29.8 Å². The van der Waals surface area contributed by atoms with Gasteiger partial charge in [0.25, 0.3) is 0 Å². The van der Waals surface area contributed by atoms with Gasteiger partial charge < -0.3 is 10.4 Å². The maximum Gasteiger partial charge on any atom is 0.330 e. The Balaban J connectivity index is 2.40. The molecule has 0 amide bonds. The molecule has 1 unspecified atom stereocenters. The summed E-state index contributed by atoms with van der Waals surface area (Å²) in [5, 5.41) is 12.4. The van der Waals surface area contributed by atoms with E-state index in [9.17, 15) is 14.3 Å². The summed E-state index contributed by atoms with van der Waals surface area (Å²) >= 11 is 5.81. The quantitative estimate of drug-likeness (QED) is 0.895. The zero-order valence-corrected chi connectivity index (χ0v) is 11.5. The van der Waals surface area contributed by atoms with Crippen LogP contribution in [0.25, 0.3) is 0 Å². The van der Waals surface area contributed by atoms with E-state index in [4.69, 9.17) is 11.6 Å². The highest BCUT2D eigenvalue weighted by atomic mass is 35.5. The van der Waals surface area contributed by atoms with E-state index < -0.39 is 17.8 Å². The molecule has 2 N–H and O–H groups in total. The molecule has 0 aromatic heterocycles. The van der Waals surface area contributed by atoms with Crippen molar-refractivity contribution < 1.29 is 14.3 Å². The Morgan fingerprint density at radius 1 is 1.30 bits per heavy atom. The molecule has 0 saturated heterocycles. The molecule has 104 valence electrons. The standard InChI is InChI=1S/C15H13ClFNO2/c1-9-4-2-3-5-13(9)18-14(15(19)20)11-8-10(16)6-7-12(11)17/h2-8,14,18H,1H3,(H,19,20). The molecule has 0 radical (unpaired) electrons. The van der Waals surface area contributed by atoms with Crippen molar-refractivity contribution in [3.05, 3.63) is 64.4 Å². The molecular weight excluding hydrogens is 281 g/mol. The molecule has 20 heavy (non-hydrogen) atoms. The predicted octanol–water partition coefficient (Wildman–Crippen LogP) is 4.03. The second kappa shape index (κ2) is 5.92. The number of anilines is 1. The van der Waals surface area contributed by atoms with Gasteiger partial charge in [-0.25, -0.2) is 9.18 Å². The first-order chi connectivity index (χ1) is 9.49. The van der Waals surface area contributed by atoms with Crippen molar-refractivity contribution in [3.63, 3.8) is 0 Å². The molecular formula is C15H13ClFNO2. The lowest BCUT2D eigenvalue weighted by molar-refractivity contribution is -0.138. The van der Waals surface area contributed by atoms with E-state index >= 15 is 0 Å². The molecule has 0 aliphatic rings. The van der Waals surface area contributed by atoms with E-state index in [2.05, 4.69) is 5.32 Å². The van der Waals surface area contributed by atoms with Crippen LogP contribution in [0.15, 0.2) is 42.5 Å². The summed E-state index contributed by atoms with van der Waals surface area (Å²) in [5.74, 6) is -1.78. The average molecular weight is 294 g/mol. The minimum absolute atomic E-state index is 0.00764. The number of aliphatic carboxylic acids is 1. The number of hydrogen-bond acceptors (Lipinski definition) is 2. The number of carboxylic acids is 1. The van der Waals surface area contributed by atoms with Crippen LogP contribution in [0.1, 0.15) is 17.2 Å². The predicted molar refractivity (Wildman–Crippen MR) is 76.6 cm³/mol. The molecule has 0 aliphatic heterocycles. The molecule has 0 spiro atoms. The van der Waals surface area contributed by atoms with Crippen molar-refractivity contribution in [2.45, 2.75) is 13.0 Å². The summed E-state index contributed by atoms with van der Waals surface area (Å²) in [5.41, 5.74) is 1.52. The largest absolute Gasteiger partial charge is 0.479 e. The van der Waals surface area contributed by atoms with E-state index in [-0.39, 0.29) is 5.56 Å². The Morgan fingerprint density at radius 3 is 2.65 bits per heavy atom. The molecule has 2 aromatic rings. The van der Waals surface area contributed by atoms with Gasteiger partial charge in [0.2, 0.25) is 0 Å². The number of para-hydroxylation sites is 1. The first kappa shape index (κ1) is 14.3. The van der Waals surface area contributed by atoms with Crippen LogP contribution in [0.5, 0.6) is 0 Å². The van der Waals surface area contributed by atoms with E-state index in [1.807, 2.05) is 19.1 Å². The summed E-state index contributed by atoms with van der Waals surface area (Å²) in [6, 6.07) is 9.87. The maximum absolute atomic E-state index is 13.8. The third-order valence-electron chi connectivity index (χ3n) is 2.96. The Labute approximate surface area is 121 Å². The van der Waals surface area contributed by atoms with E-state index in [0.717, 1.165) is 11.6 Å². The van der Waals surface area contributed by atoms with Crippen LogP contribution >= 0.6 is 11.6 Å². The highest BCUT2D eigenvalue weighted by Crippen LogP contribution is 2.26. The summed E-state index contributed by atoms with van der Waals surface area (Å²) < 4.78 is 13.8. The number of benzene rings is 2. The van der Waals surface area contributed by atoms with Gasteiger partial charge in [0, 0.05) is 16.3 Å². The topological polar surface area (TPSA) is 49.3 Å². The summed E-state index contributed by atoms with van der Waals surface area (Å²) in [6.07, 6.45) is 0. The lowest BCUT2D eigenvalue weighted by atomic mass is 10.1. The van der Waals surface area contributed by atoms with Gasteiger partial charge in [0.1, 0.15) is 5.82 Å². The monoisotopic (exact) mass is 293 g/mol. The molecule has 5 heteroatoms. The SMILES string of the molecule is Cc1ccccc1NC(C(=O)O)c1cc(Cl)ccc1F. The second-order valence-electron chi connectivity index (χ2n) is 4.40. The number of rotatable bonds is 4. The van der Waals surface area contributed by atoms with Gasteiger partial charge in [0.15, 0.2) is 6.04 Å². The van der Waals surface area contributed by atoms with Gasteiger partial charge in [0.05, 0.1) is 0 Å². The van der Waals surface area contributed by atoms with Crippen LogP contribution in [0.2, 0.25) is 5.02 Å². The molecule has 2 aromatic carbocycles. The van der Waals surface area contributed by atoms with E-state index in [0.29, 0.717) is 10.7 Å². The normalized spacial score (nSPS) is 11.9. The molecule has 0 bridgehead atoms. The summed E-state index contributed by atoms with van der Waals surface area (Å²) in [7, 11) is 0. The van der Waals surface area contributed by atoms with E-state index in [1.54, 1.807) is 12.1 Å². The van der Waals surface area contributed by atoms with Crippen LogP contribution in [-0.2, 0) is 4.79 Å². The van der Waals surface area contributed by atoms with Crippen molar-refractivity contribution in [1.82, 2.24) is 0 Å². The average Bonchev–Trinajstić information content (AvgIpc) is 2.40. The minimum atomic E-state index is -1.20. The number of carbonyl (C=O) groups is 1.